The normalized spacial score (nSPS) is 17.0. The lowest BCUT2D eigenvalue weighted by Crippen LogP contribution is -2.20. The van der Waals surface area contributed by atoms with Crippen LogP contribution in [-0.2, 0) is 4.79 Å². The Balaban J connectivity index is 2.11. The van der Waals surface area contributed by atoms with E-state index in [-0.39, 0.29) is 6.04 Å². The standard InChI is InChI=1S/C13H17NO4/c1-8(13(15)16)6-10(14)9-2-3-11-12(7-9)18-5-4-17-11/h2-3,7-8,10H,4-6,14H2,1H3,(H,15,16). The van der Waals surface area contributed by atoms with E-state index >= 15 is 0 Å². The van der Waals surface area contributed by atoms with Gasteiger partial charge in [-0.05, 0) is 24.1 Å². The first-order valence-corrected chi connectivity index (χ1v) is 5.96. The number of aliphatic carboxylic acids is 1. The predicted octanol–water partition coefficient (Wildman–Crippen LogP) is 1.57. The van der Waals surface area contributed by atoms with Crippen LogP contribution in [0.15, 0.2) is 18.2 Å². The van der Waals surface area contributed by atoms with E-state index in [2.05, 4.69) is 0 Å². The molecule has 3 N–H and O–H groups in total. The van der Waals surface area contributed by atoms with E-state index in [1.54, 1.807) is 6.92 Å². The Morgan fingerprint density at radius 1 is 1.39 bits per heavy atom. The molecule has 1 aromatic rings. The maximum atomic E-state index is 10.8. The maximum Gasteiger partial charge on any atom is 0.306 e. The van der Waals surface area contributed by atoms with Crippen molar-refractivity contribution in [2.24, 2.45) is 11.7 Å². The average molecular weight is 251 g/mol. The number of ether oxygens (including phenoxy) is 2. The highest BCUT2D eigenvalue weighted by molar-refractivity contribution is 5.69. The summed E-state index contributed by atoms with van der Waals surface area (Å²) < 4.78 is 10.9. The SMILES string of the molecule is CC(CC(N)c1ccc2c(c1)OCCO2)C(=O)O. The van der Waals surface area contributed by atoms with Crippen LogP contribution in [0.3, 0.4) is 0 Å². The predicted molar refractivity (Wildman–Crippen MR) is 65.8 cm³/mol. The molecule has 0 aromatic heterocycles. The Hall–Kier alpha value is -1.75. The van der Waals surface area contributed by atoms with Gasteiger partial charge in [0.1, 0.15) is 13.2 Å². The van der Waals surface area contributed by atoms with Crippen LogP contribution in [0, 0.1) is 5.92 Å². The van der Waals surface area contributed by atoms with E-state index < -0.39 is 11.9 Å². The molecule has 5 heteroatoms. The van der Waals surface area contributed by atoms with Crippen molar-refractivity contribution >= 4 is 5.97 Å². The topological polar surface area (TPSA) is 81.8 Å². The molecule has 1 aliphatic heterocycles. The lowest BCUT2D eigenvalue weighted by molar-refractivity contribution is -0.141. The first-order valence-electron chi connectivity index (χ1n) is 5.96. The molecule has 0 aliphatic carbocycles. The molecule has 98 valence electrons. The molecule has 0 amide bonds. The van der Waals surface area contributed by atoms with Crippen molar-refractivity contribution in [2.75, 3.05) is 13.2 Å². The summed E-state index contributed by atoms with van der Waals surface area (Å²) in [6, 6.07) is 5.18. The lowest BCUT2D eigenvalue weighted by atomic mass is 9.96. The van der Waals surface area contributed by atoms with E-state index in [0.717, 1.165) is 5.56 Å². The molecule has 5 nitrogen and oxygen atoms in total. The Labute approximate surface area is 106 Å². The van der Waals surface area contributed by atoms with Crippen molar-refractivity contribution in [3.63, 3.8) is 0 Å². The molecule has 1 heterocycles. The number of fused-ring (bicyclic) bond motifs is 1. The van der Waals surface area contributed by atoms with E-state index in [9.17, 15) is 4.79 Å². The van der Waals surface area contributed by atoms with Crippen LogP contribution in [-0.4, -0.2) is 24.3 Å². The number of hydrogen-bond donors (Lipinski definition) is 2. The summed E-state index contributed by atoms with van der Waals surface area (Å²) in [4.78, 5) is 10.8. The van der Waals surface area contributed by atoms with Crippen molar-refractivity contribution < 1.29 is 19.4 Å². The van der Waals surface area contributed by atoms with Gasteiger partial charge >= 0.3 is 5.97 Å². The van der Waals surface area contributed by atoms with Crippen LogP contribution in [0.1, 0.15) is 24.9 Å². The molecular weight excluding hydrogens is 234 g/mol. The second kappa shape index (κ2) is 5.27. The molecule has 2 atom stereocenters. The van der Waals surface area contributed by atoms with Crippen LogP contribution >= 0.6 is 0 Å². The van der Waals surface area contributed by atoms with Crippen LogP contribution < -0.4 is 15.2 Å². The zero-order valence-corrected chi connectivity index (χ0v) is 10.3. The molecule has 0 radical (unpaired) electrons. The van der Waals surface area contributed by atoms with Crippen molar-refractivity contribution in [1.29, 1.82) is 0 Å². The fraction of sp³-hybridized carbons (Fsp3) is 0.462. The minimum Gasteiger partial charge on any atom is -0.486 e. The van der Waals surface area contributed by atoms with Crippen molar-refractivity contribution in [2.45, 2.75) is 19.4 Å². The third-order valence-corrected chi connectivity index (χ3v) is 3.02. The number of carbonyl (C=O) groups is 1. The van der Waals surface area contributed by atoms with Crippen molar-refractivity contribution in [3.8, 4) is 11.5 Å². The van der Waals surface area contributed by atoms with Crippen LogP contribution in [0.25, 0.3) is 0 Å². The van der Waals surface area contributed by atoms with Crippen LogP contribution in [0.4, 0.5) is 0 Å². The summed E-state index contributed by atoms with van der Waals surface area (Å²) in [6.45, 7) is 2.73. The average Bonchev–Trinajstić information content (AvgIpc) is 2.37. The molecular formula is C13H17NO4. The maximum absolute atomic E-state index is 10.8. The number of benzene rings is 1. The van der Waals surface area contributed by atoms with Gasteiger partial charge in [-0.1, -0.05) is 13.0 Å². The van der Waals surface area contributed by atoms with Gasteiger partial charge in [-0.2, -0.15) is 0 Å². The van der Waals surface area contributed by atoms with Gasteiger partial charge in [0.2, 0.25) is 0 Å². The van der Waals surface area contributed by atoms with E-state index in [0.29, 0.717) is 31.1 Å². The minimum absolute atomic E-state index is 0.313. The highest BCUT2D eigenvalue weighted by Crippen LogP contribution is 2.33. The Morgan fingerprint density at radius 2 is 2.06 bits per heavy atom. The van der Waals surface area contributed by atoms with Crippen molar-refractivity contribution in [3.05, 3.63) is 23.8 Å². The van der Waals surface area contributed by atoms with Crippen molar-refractivity contribution in [1.82, 2.24) is 0 Å². The first-order chi connectivity index (χ1) is 8.58. The van der Waals surface area contributed by atoms with Crippen LogP contribution in [0.5, 0.6) is 11.5 Å². The fourth-order valence-corrected chi connectivity index (χ4v) is 1.91. The van der Waals surface area contributed by atoms with Gasteiger partial charge in [-0.15, -0.1) is 0 Å². The number of hydrogen-bond acceptors (Lipinski definition) is 4. The summed E-state index contributed by atoms with van der Waals surface area (Å²) in [5.41, 5.74) is 6.88. The lowest BCUT2D eigenvalue weighted by Gasteiger charge is -2.21. The molecule has 1 aliphatic rings. The number of nitrogens with two attached hydrogens (primary N) is 1. The Bertz CT molecular complexity index is 447. The summed E-state index contributed by atoms with van der Waals surface area (Å²) in [6.07, 6.45) is 0.398. The third kappa shape index (κ3) is 2.73. The summed E-state index contributed by atoms with van der Waals surface area (Å²) >= 11 is 0. The third-order valence-electron chi connectivity index (χ3n) is 3.02. The van der Waals surface area contributed by atoms with Crippen LogP contribution in [0.2, 0.25) is 0 Å². The number of carboxylic acids is 1. The molecule has 0 fully saturated rings. The molecule has 1 aromatic carbocycles. The monoisotopic (exact) mass is 251 g/mol. The van der Waals surface area contributed by atoms with Gasteiger partial charge in [0.15, 0.2) is 11.5 Å². The van der Waals surface area contributed by atoms with Gasteiger partial charge in [0, 0.05) is 6.04 Å². The largest absolute Gasteiger partial charge is 0.486 e. The molecule has 0 saturated heterocycles. The zero-order chi connectivity index (χ0) is 13.1. The number of rotatable bonds is 4. The molecule has 2 rings (SSSR count). The van der Waals surface area contributed by atoms with Gasteiger partial charge in [-0.25, -0.2) is 0 Å². The fourth-order valence-electron chi connectivity index (χ4n) is 1.91. The Morgan fingerprint density at radius 3 is 2.72 bits per heavy atom. The summed E-state index contributed by atoms with van der Waals surface area (Å²) in [5, 5.41) is 8.87. The second-order valence-electron chi connectivity index (χ2n) is 4.48. The zero-order valence-electron chi connectivity index (χ0n) is 10.3. The smallest absolute Gasteiger partial charge is 0.306 e. The minimum atomic E-state index is -0.831. The summed E-state index contributed by atoms with van der Waals surface area (Å²) in [5.74, 6) is 0.0943. The molecule has 0 spiro atoms. The molecule has 0 bridgehead atoms. The highest BCUT2D eigenvalue weighted by Gasteiger charge is 2.19. The van der Waals surface area contributed by atoms with Gasteiger partial charge in [-0.3, -0.25) is 4.79 Å². The Kier molecular flexibility index (Phi) is 3.72. The molecule has 18 heavy (non-hydrogen) atoms. The first kappa shape index (κ1) is 12.7. The van der Waals surface area contributed by atoms with E-state index in [4.69, 9.17) is 20.3 Å². The van der Waals surface area contributed by atoms with E-state index in [1.807, 2.05) is 18.2 Å². The number of carboxylic acid groups (broad SMARTS) is 1. The van der Waals surface area contributed by atoms with Gasteiger partial charge in [0.05, 0.1) is 5.92 Å². The van der Waals surface area contributed by atoms with Gasteiger partial charge < -0.3 is 20.3 Å². The molecule has 0 saturated carbocycles. The second-order valence-corrected chi connectivity index (χ2v) is 4.48. The summed E-state index contributed by atoms with van der Waals surface area (Å²) in [7, 11) is 0. The van der Waals surface area contributed by atoms with E-state index in [1.165, 1.54) is 0 Å². The van der Waals surface area contributed by atoms with Gasteiger partial charge in [0.25, 0.3) is 0 Å². The molecule has 2 unspecified atom stereocenters. The highest BCUT2D eigenvalue weighted by atomic mass is 16.6. The quantitative estimate of drug-likeness (QED) is 0.848.